The smallest absolute Gasteiger partial charge is 0.159 e. The third-order valence-corrected chi connectivity index (χ3v) is 2.92. The summed E-state index contributed by atoms with van der Waals surface area (Å²) in [4.78, 5) is 8.93. The lowest BCUT2D eigenvalue weighted by atomic mass is 10.1. The standard InChI is InChI=1S/C14H13N3/c1-10-9-15-12-8-13(17(2)14(12)16-10)11-6-4-3-5-7-11/h3-9H,1-2H3. The molecule has 0 spiro atoms. The highest BCUT2D eigenvalue weighted by Gasteiger charge is 2.09. The van der Waals surface area contributed by atoms with Crippen molar-refractivity contribution < 1.29 is 0 Å². The number of benzene rings is 1. The summed E-state index contributed by atoms with van der Waals surface area (Å²) in [6.45, 7) is 1.96. The Bertz CT molecular complexity index is 669. The number of fused-ring (bicyclic) bond motifs is 1. The number of aromatic nitrogens is 3. The summed E-state index contributed by atoms with van der Waals surface area (Å²) in [5.74, 6) is 0. The maximum atomic E-state index is 4.52. The molecule has 3 rings (SSSR count). The van der Waals surface area contributed by atoms with E-state index in [0.717, 1.165) is 22.6 Å². The van der Waals surface area contributed by atoms with Gasteiger partial charge >= 0.3 is 0 Å². The van der Waals surface area contributed by atoms with E-state index in [1.807, 2.05) is 32.2 Å². The number of nitrogens with zero attached hydrogens (tertiary/aromatic N) is 3. The molecule has 3 nitrogen and oxygen atoms in total. The van der Waals surface area contributed by atoms with E-state index < -0.39 is 0 Å². The number of hydrogen-bond donors (Lipinski definition) is 0. The first kappa shape index (κ1) is 10.0. The second-order valence-corrected chi connectivity index (χ2v) is 4.17. The van der Waals surface area contributed by atoms with Crippen molar-refractivity contribution in [2.24, 2.45) is 7.05 Å². The molecule has 0 atom stereocenters. The van der Waals surface area contributed by atoms with E-state index in [2.05, 4.69) is 32.7 Å². The fourth-order valence-corrected chi connectivity index (χ4v) is 2.05. The van der Waals surface area contributed by atoms with Gasteiger partial charge < -0.3 is 4.57 Å². The molecule has 17 heavy (non-hydrogen) atoms. The first-order chi connectivity index (χ1) is 8.25. The third-order valence-electron chi connectivity index (χ3n) is 2.92. The first-order valence-corrected chi connectivity index (χ1v) is 5.60. The van der Waals surface area contributed by atoms with Crippen molar-refractivity contribution in [2.75, 3.05) is 0 Å². The topological polar surface area (TPSA) is 30.7 Å². The normalized spacial score (nSPS) is 10.9. The molecular formula is C14H13N3. The van der Waals surface area contributed by atoms with Crippen molar-refractivity contribution in [1.29, 1.82) is 0 Å². The van der Waals surface area contributed by atoms with Crippen LogP contribution >= 0.6 is 0 Å². The molecule has 0 aliphatic heterocycles. The highest BCUT2D eigenvalue weighted by molar-refractivity contribution is 5.80. The maximum absolute atomic E-state index is 4.52. The molecule has 0 unspecified atom stereocenters. The van der Waals surface area contributed by atoms with Crippen LogP contribution in [0.2, 0.25) is 0 Å². The Morgan fingerprint density at radius 2 is 1.88 bits per heavy atom. The van der Waals surface area contributed by atoms with Crippen molar-refractivity contribution in [3.8, 4) is 11.3 Å². The van der Waals surface area contributed by atoms with E-state index in [9.17, 15) is 0 Å². The van der Waals surface area contributed by atoms with Crippen LogP contribution in [0.15, 0.2) is 42.6 Å². The molecule has 0 aliphatic rings. The molecule has 3 heteroatoms. The minimum Gasteiger partial charge on any atom is -0.327 e. The van der Waals surface area contributed by atoms with Gasteiger partial charge in [-0.2, -0.15) is 0 Å². The van der Waals surface area contributed by atoms with E-state index in [4.69, 9.17) is 0 Å². The highest BCUT2D eigenvalue weighted by Crippen LogP contribution is 2.24. The highest BCUT2D eigenvalue weighted by atomic mass is 15.0. The van der Waals surface area contributed by atoms with Crippen LogP contribution in [0.1, 0.15) is 5.69 Å². The van der Waals surface area contributed by atoms with E-state index in [1.54, 1.807) is 6.20 Å². The number of rotatable bonds is 1. The van der Waals surface area contributed by atoms with Gasteiger partial charge in [-0.05, 0) is 18.6 Å². The van der Waals surface area contributed by atoms with Crippen LogP contribution in [0, 0.1) is 6.92 Å². The lowest BCUT2D eigenvalue weighted by molar-refractivity contribution is 0.947. The molecule has 0 radical (unpaired) electrons. The average Bonchev–Trinajstić information content (AvgIpc) is 2.68. The van der Waals surface area contributed by atoms with Crippen LogP contribution in [0.3, 0.4) is 0 Å². The maximum Gasteiger partial charge on any atom is 0.159 e. The average molecular weight is 223 g/mol. The van der Waals surface area contributed by atoms with Gasteiger partial charge in [0.15, 0.2) is 5.65 Å². The molecule has 0 fully saturated rings. The van der Waals surface area contributed by atoms with E-state index in [-0.39, 0.29) is 0 Å². The summed E-state index contributed by atoms with van der Waals surface area (Å²) in [6, 6.07) is 12.4. The summed E-state index contributed by atoms with van der Waals surface area (Å²) in [5, 5.41) is 0. The van der Waals surface area contributed by atoms with Crippen LogP contribution in [-0.2, 0) is 7.05 Å². The van der Waals surface area contributed by atoms with Gasteiger partial charge in [0, 0.05) is 13.2 Å². The third kappa shape index (κ3) is 1.60. The Kier molecular flexibility index (Phi) is 2.18. The molecule has 0 aliphatic carbocycles. The molecule has 0 saturated carbocycles. The van der Waals surface area contributed by atoms with Crippen molar-refractivity contribution in [2.45, 2.75) is 6.92 Å². The molecule has 84 valence electrons. The zero-order valence-electron chi connectivity index (χ0n) is 9.88. The zero-order chi connectivity index (χ0) is 11.8. The largest absolute Gasteiger partial charge is 0.327 e. The van der Waals surface area contributed by atoms with Gasteiger partial charge in [-0.15, -0.1) is 0 Å². The Hall–Kier alpha value is -2.16. The van der Waals surface area contributed by atoms with Crippen molar-refractivity contribution in [1.82, 2.24) is 14.5 Å². The van der Waals surface area contributed by atoms with Crippen molar-refractivity contribution in [3.05, 3.63) is 48.3 Å². The van der Waals surface area contributed by atoms with E-state index >= 15 is 0 Å². The summed E-state index contributed by atoms with van der Waals surface area (Å²) in [7, 11) is 2.03. The predicted molar refractivity (Wildman–Crippen MR) is 68.7 cm³/mol. The summed E-state index contributed by atoms with van der Waals surface area (Å²) in [6.07, 6.45) is 1.80. The van der Waals surface area contributed by atoms with Crippen LogP contribution in [0.4, 0.5) is 0 Å². The Morgan fingerprint density at radius 1 is 1.12 bits per heavy atom. The van der Waals surface area contributed by atoms with Gasteiger partial charge in [-0.25, -0.2) is 4.98 Å². The van der Waals surface area contributed by atoms with Gasteiger partial charge in [0.25, 0.3) is 0 Å². The minimum atomic E-state index is 0.934. The molecule has 0 N–H and O–H groups in total. The second kappa shape index (κ2) is 3.70. The van der Waals surface area contributed by atoms with Crippen molar-refractivity contribution in [3.63, 3.8) is 0 Å². The molecule has 0 bridgehead atoms. The minimum absolute atomic E-state index is 0.934. The molecule has 2 heterocycles. The summed E-state index contributed by atoms with van der Waals surface area (Å²) < 4.78 is 2.09. The van der Waals surface area contributed by atoms with Gasteiger partial charge in [0.1, 0.15) is 5.52 Å². The summed E-state index contributed by atoms with van der Waals surface area (Å²) >= 11 is 0. The molecule has 2 aromatic heterocycles. The van der Waals surface area contributed by atoms with Crippen LogP contribution in [0.5, 0.6) is 0 Å². The predicted octanol–water partition coefficient (Wildman–Crippen LogP) is 2.94. The second-order valence-electron chi connectivity index (χ2n) is 4.17. The quantitative estimate of drug-likeness (QED) is 0.635. The zero-order valence-corrected chi connectivity index (χ0v) is 9.88. The fourth-order valence-electron chi connectivity index (χ4n) is 2.05. The molecule has 0 amide bonds. The molecular weight excluding hydrogens is 210 g/mol. The monoisotopic (exact) mass is 223 g/mol. The molecule has 0 saturated heterocycles. The Morgan fingerprint density at radius 3 is 2.65 bits per heavy atom. The molecule has 1 aromatic carbocycles. The van der Waals surface area contributed by atoms with Gasteiger partial charge in [0.05, 0.1) is 11.4 Å². The Balaban J connectivity index is 2.28. The number of hydrogen-bond acceptors (Lipinski definition) is 2. The van der Waals surface area contributed by atoms with E-state index in [0.29, 0.717) is 0 Å². The lowest BCUT2D eigenvalue weighted by Gasteiger charge is -2.03. The SMILES string of the molecule is Cc1cnc2cc(-c3ccccc3)n(C)c2n1. The van der Waals surface area contributed by atoms with Gasteiger partial charge in [0.2, 0.25) is 0 Å². The fraction of sp³-hybridized carbons (Fsp3) is 0.143. The van der Waals surface area contributed by atoms with E-state index in [1.165, 1.54) is 5.56 Å². The van der Waals surface area contributed by atoms with Crippen molar-refractivity contribution >= 4 is 11.2 Å². The first-order valence-electron chi connectivity index (χ1n) is 5.60. The van der Waals surface area contributed by atoms with Crippen LogP contribution < -0.4 is 0 Å². The Labute approximate surface area is 99.8 Å². The van der Waals surface area contributed by atoms with Crippen LogP contribution in [0.25, 0.3) is 22.4 Å². The molecule has 3 aromatic rings. The summed E-state index contributed by atoms with van der Waals surface area (Å²) in [5.41, 5.74) is 5.15. The number of aryl methyl sites for hydroxylation is 2. The van der Waals surface area contributed by atoms with Crippen LogP contribution in [-0.4, -0.2) is 14.5 Å². The lowest BCUT2D eigenvalue weighted by Crippen LogP contribution is -1.94. The van der Waals surface area contributed by atoms with Gasteiger partial charge in [-0.1, -0.05) is 30.3 Å². The van der Waals surface area contributed by atoms with Gasteiger partial charge in [-0.3, -0.25) is 4.98 Å².